The molecule has 3 aromatic carbocycles. The molecular formula is C60H65FN10O6. The van der Waals surface area contributed by atoms with Crippen molar-refractivity contribution in [2.75, 3.05) is 29.6 Å². The smallest absolute Gasteiger partial charge is 0.376 e. The Bertz CT molecular complexity index is 3620. The van der Waals surface area contributed by atoms with Gasteiger partial charge >= 0.3 is 5.76 Å². The van der Waals surface area contributed by atoms with Crippen LogP contribution in [0.5, 0.6) is 0 Å². The maximum absolute atomic E-state index is 16.1. The van der Waals surface area contributed by atoms with E-state index in [9.17, 15) is 9.59 Å². The molecule has 1 N–H and O–H groups in total. The number of hydrogen-bond donors (Lipinski definition) is 1. The van der Waals surface area contributed by atoms with Crippen LogP contribution in [-0.2, 0) is 33.3 Å². The first-order valence-electron chi connectivity index (χ1n) is 26.8. The fourth-order valence-corrected chi connectivity index (χ4v) is 12.0. The monoisotopic (exact) mass is 1040 g/mol. The van der Waals surface area contributed by atoms with E-state index in [1.807, 2.05) is 72.1 Å². The molecule has 17 heteroatoms. The van der Waals surface area contributed by atoms with Crippen LogP contribution in [0, 0.1) is 12.7 Å². The van der Waals surface area contributed by atoms with Crippen LogP contribution in [0.1, 0.15) is 135 Å². The minimum absolute atomic E-state index is 0.173. The van der Waals surface area contributed by atoms with E-state index in [-0.39, 0.29) is 41.5 Å². The van der Waals surface area contributed by atoms with Gasteiger partial charge in [0.25, 0.3) is 5.91 Å². The highest BCUT2D eigenvalue weighted by Crippen LogP contribution is 2.54. The van der Waals surface area contributed by atoms with Crippen LogP contribution >= 0.6 is 0 Å². The zero-order chi connectivity index (χ0) is 53.8. The summed E-state index contributed by atoms with van der Waals surface area (Å²) in [6.07, 6.45) is 20.9. The van der Waals surface area contributed by atoms with Gasteiger partial charge in [-0.1, -0.05) is 48.4 Å². The number of halogens is 1. The van der Waals surface area contributed by atoms with E-state index in [0.29, 0.717) is 65.6 Å². The van der Waals surface area contributed by atoms with Gasteiger partial charge in [0.05, 0.1) is 47.4 Å². The van der Waals surface area contributed by atoms with Crippen molar-refractivity contribution in [2.45, 2.75) is 121 Å². The number of ether oxygens (including phenoxy) is 2. The summed E-state index contributed by atoms with van der Waals surface area (Å²) in [5, 5.41) is 15.7. The van der Waals surface area contributed by atoms with E-state index in [2.05, 4.69) is 66.4 Å². The highest BCUT2D eigenvalue weighted by molar-refractivity contribution is 6.00. The molecule has 11 rings (SSSR count). The number of nitrogens with zero attached hydrogens (tertiary/aromatic N) is 9. The Morgan fingerprint density at radius 3 is 2.55 bits per heavy atom. The molecule has 7 aromatic rings. The molecule has 1 saturated carbocycles. The number of allylic oxidation sites excluding steroid dienone is 2. The molecule has 3 aliphatic heterocycles. The Labute approximate surface area is 446 Å². The predicted molar refractivity (Wildman–Crippen MR) is 295 cm³/mol. The largest absolute Gasteiger partial charge is 0.438 e. The first-order chi connectivity index (χ1) is 37.2. The van der Waals surface area contributed by atoms with Gasteiger partial charge in [0.1, 0.15) is 22.9 Å². The second kappa shape index (κ2) is 20.6. The third-order valence-corrected chi connectivity index (χ3v) is 15.9. The van der Waals surface area contributed by atoms with Crippen molar-refractivity contribution in [1.29, 1.82) is 0 Å². The molecule has 1 aliphatic carbocycles. The number of fused-ring (bicyclic) bond motifs is 3. The van der Waals surface area contributed by atoms with Gasteiger partial charge in [-0.25, -0.2) is 18.7 Å². The van der Waals surface area contributed by atoms with Gasteiger partial charge in [-0.3, -0.25) is 28.8 Å². The molecule has 0 spiro atoms. The number of benzene rings is 3. The van der Waals surface area contributed by atoms with E-state index in [1.54, 1.807) is 56.7 Å². The molecule has 4 aromatic heterocycles. The molecule has 0 radical (unpaired) electrons. The Morgan fingerprint density at radius 2 is 1.78 bits per heavy atom. The summed E-state index contributed by atoms with van der Waals surface area (Å²) in [4.78, 5) is 50.3. The highest BCUT2D eigenvalue weighted by atomic mass is 19.1. The molecular weight excluding hydrogens is 976 g/mol. The summed E-state index contributed by atoms with van der Waals surface area (Å²) in [5.74, 6) is 2.09. The van der Waals surface area contributed by atoms with Crippen molar-refractivity contribution in [3.8, 4) is 5.69 Å². The minimum atomic E-state index is -1.10. The standard InChI is InChI=1S/C60H65FN10O6/c1-8-10-11-12-13-14-15-16-17-41-31-46(29-38(3)54(41)61)71-55(69-26-25-68(52(69)37-72)45-19-21-48-44(32-45)36-62-66(48)7)53-39(4)67(24-22-47(53)64-71)56(73)50-33-43-30-40(42-23-28-76-59(5,6)34-42)18-20-49(43)70(50)60(35-51(60)75-27-9-2)57-63-58(74)77-65-57/h8-9,16-21,25-26,29-33,36,39,42,51H,1-2,10-15,22-24,27-28,34-35H2,3-7H3,(H,63,65,74)/t39-,42-,51-,60-/m0/s1. The molecule has 4 aliphatic rings. The van der Waals surface area contributed by atoms with Crippen LogP contribution in [-0.4, -0.2) is 82.5 Å². The summed E-state index contributed by atoms with van der Waals surface area (Å²) >= 11 is 0. The zero-order valence-electron chi connectivity index (χ0n) is 44.4. The first kappa shape index (κ1) is 51.3. The van der Waals surface area contributed by atoms with Crippen LogP contribution in [0.2, 0.25) is 0 Å². The van der Waals surface area contributed by atoms with Gasteiger partial charge in [0.2, 0.25) is 5.82 Å². The van der Waals surface area contributed by atoms with E-state index in [0.717, 1.165) is 84.4 Å². The van der Waals surface area contributed by atoms with Crippen molar-refractivity contribution >= 4 is 51.2 Å². The summed E-state index contributed by atoms with van der Waals surface area (Å²) in [7, 11) is 1.88. The zero-order valence-corrected chi connectivity index (χ0v) is 44.4. The number of carbonyl (C=O) groups is 1. The number of unbranched alkanes of at least 4 members (excludes halogenated alkanes) is 5. The Morgan fingerprint density at radius 1 is 0.974 bits per heavy atom. The fraction of sp³-hybridized carbons (Fsp3) is 0.383. The molecule has 0 bridgehead atoms. The Kier molecular flexibility index (Phi) is 13.7. The quantitative estimate of drug-likeness (QED) is 0.0495. The number of nitrogens with one attached hydrogen (secondary N) is 1. The summed E-state index contributed by atoms with van der Waals surface area (Å²) < 4.78 is 39.3. The lowest BCUT2D eigenvalue weighted by Crippen LogP contribution is -2.41. The highest BCUT2D eigenvalue weighted by Gasteiger charge is 2.63. The number of aryl methyl sites for hydroxylation is 2. The van der Waals surface area contributed by atoms with Gasteiger partial charge in [-0.05, 0) is 132 Å². The van der Waals surface area contributed by atoms with Crippen molar-refractivity contribution in [1.82, 2.24) is 39.2 Å². The molecule has 16 nitrogen and oxygen atoms in total. The van der Waals surface area contributed by atoms with Crippen LogP contribution in [0.25, 0.3) is 33.6 Å². The molecule has 7 heterocycles. The van der Waals surface area contributed by atoms with Gasteiger partial charge in [0, 0.05) is 78.5 Å². The number of anilines is 2. The second-order valence-electron chi connectivity index (χ2n) is 21.5. The first-order valence-corrected chi connectivity index (χ1v) is 26.8. The maximum Gasteiger partial charge on any atom is 0.438 e. The van der Waals surface area contributed by atoms with E-state index in [4.69, 9.17) is 19.1 Å². The molecule has 1 saturated heterocycles. The molecule has 2 fully saturated rings. The number of rotatable bonds is 18. The number of amides is 1. The van der Waals surface area contributed by atoms with E-state index < -0.39 is 23.4 Å². The SMILES string of the molecule is C=CCCCCCCC=Cc1cc(-n2nc3c(c2N2C=CN(c4ccc5c(cnn5C)c4)C2=C=O)[C@H](C)N(C(=O)c2cc4cc([C@H]5CCOC(C)(C)C5)ccc4n2[C@@]2(c4noc(=O)[nH]4)C[C@@H]2OCC=C)CC3)cc(C)c1F. The van der Waals surface area contributed by atoms with Crippen molar-refractivity contribution < 1.29 is 28.0 Å². The second-order valence-corrected chi connectivity index (χ2v) is 21.5. The molecule has 398 valence electrons. The lowest BCUT2D eigenvalue weighted by Gasteiger charge is -2.35. The third kappa shape index (κ3) is 9.29. The number of aromatic amines is 1. The molecule has 1 amide bonds. The van der Waals surface area contributed by atoms with Crippen molar-refractivity contribution in [3.05, 3.63) is 166 Å². The Balaban J connectivity index is 1.02. The minimum Gasteiger partial charge on any atom is -0.376 e. The Hall–Kier alpha value is -7.85. The van der Waals surface area contributed by atoms with Gasteiger partial charge in [-0.2, -0.15) is 10.2 Å². The van der Waals surface area contributed by atoms with Gasteiger partial charge in [0.15, 0.2) is 11.8 Å². The van der Waals surface area contributed by atoms with Crippen LogP contribution in [0.4, 0.5) is 15.9 Å². The topological polar surface area (TPSA) is 162 Å². The van der Waals surface area contributed by atoms with Crippen LogP contribution in [0.3, 0.4) is 0 Å². The average molecular weight is 1040 g/mol. The van der Waals surface area contributed by atoms with Crippen LogP contribution in [0.15, 0.2) is 120 Å². The third-order valence-electron chi connectivity index (χ3n) is 15.9. The predicted octanol–water partition coefficient (Wildman–Crippen LogP) is 11.0. The van der Waals surface area contributed by atoms with Crippen LogP contribution < -0.4 is 15.6 Å². The molecule has 77 heavy (non-hydrogen) atoms. The normalized spacial score (nSPS) is 20.9. The average Bonchev–Trinajstić information content (AvgIpc) is 4.10. The van der Waals surface area contributed by atoms with Gasteiger partial charge in [-0.15, -0.1) is 13.2 Å². The summed E-state index contributed by atoms with van der Waals surface area (Å²) in [5.41, 5.74) is 5.41. The molecule has 0 unspecified atom stereocenters. The summed E-state index contributed by atoms with van der Waals surface area (Å²) in [6.45, 7) is 16.8. The number of aromatic nitrogens is 7. The van der Waals surface area contributed by atoms with E-state index >= 15 is 9.18 Å². The van der Waals surface area contributed by atoms with E-state index in [1.165, 1.54) is 0 Å². The van der Waals surface area contributed by atoms with Crippen molar-refractivity contribution in [3.63, 3.8) is 0 Å². The number of H-pyrrole nitrogens is 1. The number of carbonyl (C=O) groups excluding carboxylic acids is 2. The summed E-state index contributed by atoms with van der Waals surface area (Å²) in [6, 6.07) is 17.1. The molecule has 4 atom stereocenters. The maximum atomic E-state index is 16.1. The fourth-order valence-electron chi connectivity index (χ4n) is 12.0. The lowest BCUT2D eigenvalue weighted by atomic mass is 9.83. The lowest BCUT2D eigenvalue weighted by molar-refractivity contribution is -0.0592. The van der Waals surface area contributed by atoms with Crippen molar-refractivity contribution in [2.24, 2.45) is 7.05 Å². The van der Waals surface area contributed by atoms with Gasteiger partial charge < -0.3 is 18.9 Å². The number of hydrogen-bond acceptors (Lipinski definition) is 11.